The summed E-state index contributed by atoms with van der Waals surface area (Å²) in [7, 11) is -4.40. The second kappa shape index (κ2) is 6.54. The maximum atomic E-state index is 11.5. The third-order valence-electron chi connectivity index (χ3n) is 3.62. The Balaban J connectivity index is 2.09. The Kier molecular flexibility index (Phi) is 4.41. The Morgan fingerprint density at radius 1 is 0.923 bits per heavy atom. The molecule has 0 spiro atoms. The van der Waals surface area contributed by atoms with Crippen molar-refractivity contribution < 1.29 is 28.0 Å². The summed E-state index contributed by atoms with van der Waals surface area (Å²) in [4.78, 5) is 10.8. The predicted molar refractivity (Wildman–Crippen MR) is 93.0 cm³/mol. The van der Waals surface area contributed by atoms with E-state index >= 15 is 0 Å². The van der Waals surface area contributed by atoms with Gasteiger partial charge in [0.25, 0.3) is 10.1 Å². The Labute approximate surface area is 147 Å². The number of carboxylic acid groups (broad SMARTS) is 1. The SMILES string of the molecule is O=C(O)c1cc(N=Nc2cccc3c(S(=O)(=O)O)cccc23)ccc1O. The van der Waals surface area contributed by atoms with Gasteiger partial charge in [-0.3, -0.25) is 4.55 Å². The quantitative estimate of drug-likeness (QED) is 0.469. The summed E-state index contributed by atoms with van der Waals surface area (Å²) in [6, 6.07) is 12.8. The third kappa shape index (κ3) is 3.39. The minimum atomic E-state index is -4.40. The van der Waals surface area contributed by atoms with Crippen molar-refractivity contribution >= 4 is 38.2 Å². The molecule has 3 aromatic rings. The van der Waals surface area contributed by atoms with E-state index in [-0.39, 0.29) is 27.3 Å². The van der Waals surface area contributed by atoms with Crippen LogP contribution in [0.1, 0.15) is 10.4 Å². The number of rotatable bonds is 4. The number of carbonyl (C=O) groups is 1. The molecule has 26 heavy (non-hydrogen) atoms. The minimum Gasteiger partial charge on any atom is -0.507 e. The van der Waals surface area contributed by atoms with Crippen LogP contribution in [-0.2, 0) is 10.1 Å². The van der Waals surface area contributed by atoms with E-state index in [4.69, 9.17) is 5.11 Å². The van der Waals surface area contributed by atoms with E-state index in [1.807, 2.05) is 0 Å². The molecule has 3 N–H and O–H groups in total. The Bertz CT molecular complexity index is 1160. The van der Waals surface area contributed by atoms with E-state index in [0.29, 0.717) is 11.1 Å². The average molecular weight is 372 g/mol. The van der Waals surface area contributed by atoms with Gasteiger partial charge in [-0.05, 0) is 30.3 Å². The first-order chi connectivity index (χ1) is 12.3. The number of benzene rings is 3. The van der Waals surface area contributed by atoms with Crippen LogP contribution in [0.15, 0.2) is 69.7 Å². The van der Waals surface area contributed by atoms with Crippen molar-refractivity contribution in [3.05, 3.63) is 60.2 Å². The van der Waals surface area contributed by atoms with E-state index < -0.39 is 16.1 Å². The fourth-order valence-corrected chi connectivity index (χ4v) is 3.15. The lowest BCUT2D eigenvalue weighted by molar-refractivity contribution is 0.0693. The Hall–Kier alpha value is -3.30. The molecule has 3 aromatic carbocycles. The summed E-state index contributed by atoms with van der Waals surface area (Å²) in [5.41, 5.74) is 0.217. The van der Waals surface area contributed by atoms with Crippen LogP contribution in [0.2, 0.25) is 0 Å². The molecule has 0 saturated carbocycles. The van der Waals surface area contributed by atoms with Crippen molar-refractivity contribution in [2.45, 2.75) is 4.90 Å². The molecular formula is C17H12N2O6S. The zero-order chi connectivity index (χ0) is 18.9. The van der Waals surface area contributed by atoms with E-state index in [0.717, 1.165) is 6.07 Å². The molecule has 0 aliphatic rings. The molecule has 0 amide bonds. The van der Waals surface area contributed by atoms with Gasteiger partial charge in [-0.1, -0.05) is 24.3 Å². The van der Waals surface area contributed by atoms with Crippen LogP contribution in [-0.4, -0.2) is 29.2 Å². The number of fused-ring (bicyclic) bond motifs is 1. The second-order valence-electron chi connectivity index (χ2n) is 5.31. The summed E-state index contributed by atoms with van der Waals surface area (Å²) < 4.78 is 32.3. The summed E-state index contributed by atoms with van der Waals surface area (Å²) in [6.07, 6.45) is 0. The highest BCUT2D eigenvalue weighted by Gasteiger charge is 2.15. The molecular weight excluding hydrogens is 360 g/mol. The van der Waals surface area contributed by atoms with Gasteiger partial charge >= 0.3 is 5.97 Å². The molecule has 0 heterocycles. The second-order valence-corrected chi connectivity index (χ2v) is 6.70. The fraction of sp³-hybridized carbons (Fsp3) is 0. The summed E-state index contributed by atoms with van der Waals surface area (Å²) in [5.74, 6) is -1.69. The number of hydrogen-bond donors (Lipinski definition) is 3. The van der Waals surface area contributed by atoms with E-state index in [1.54, 1.807) is 18.2 Å². The van der Waals surface area contributed by atoms with Crippen LogP contribution >= 0.6 is 0 Å². The van der Waals surface area contributed by atoms with Crippen LogP contribution in [0.5, 0.6) is 5.75 Å². The molecule has 0 atom stereocenters. The number of nitrogens with zero attached hydrogens (tertiary/aromatic N) is 2. The molecule has 0 fully saturated rings. The largest absolute Gasteiger partial charge is 0.507 e. The van der Waals surface area contributed by atoms with Gasteiger partial charge in [-0.2, -0.15) is 13.5 Å². The zero-order valence-corrected chi connectivity index (χ0v) is 13.9. The van der Waals surface area contributed by atoms with Crippen molar-refractivity contribution in [1.29, 1.82) is 0 Å². The predicted octanol–water partition coefficient (Wildman–Crippen LogP) is 3.91. The van der Waals surface area contributed by atoms with Crippen molar-refractivity contribution in [2.75, 3.05) is 0 Å². The highest BCUT2D eigenvalue weighted by molar-refractivity contribution is 7.86. The molecule has 0 unspecified atom stereocenters. The van der Waals surface area contributed by atoms with Crippen molar-refractivity contribution in [1.82, 2.24) is 0 Å². The lowest BCUT2D eigenvalue weighted by Gasteiger charge is -2.05. The maximum absolute atomic E-state index is 11.5. The molecule has 132 valence electrons. The Morgan fingerprint density at radius 2 is 1.62 bits per heavy atom. The van der Waals surface area contributed by atoms with Gasteiger partial charge in [0.2, 0.25) is 0 Å². The van der Waals surface area contributed by atoms with Crippen LogP contribution in [0.3, 0.4) is 0 Å². The van der Waals surface area contributed by atoms with Gasteiger partial charge in [-0.25, -0.2) is 4.79 Å². The molecule has 0 aliphatic heterocycles. The number of aromatic carboxylic acids is 1. The van der Waals surface area contributed by atoms with E-state index in [9.17, 15) is 22.9 Å². The lowest BCUT2D eigenvalue weighted by Crippen LogP contribution is -1.98. The number of azo groups is 1. The van der Waals surface area contributed by atoms with Crippen LogP contribution < -0.4 is 0 Å². The van der Waals surface area contributed by atoms with Gasteiger partial charge in [0, 0.05) is 10.8 Å². The van der Waals surface area contributed by atoms with E-state index in [1.165, 1.54) is 30.3 Å². The van der Waals surface area contributed by atoms with Crippen LogP contribution in [0.25, 0.3) is 10.8 Å². The molecule has 0 aromatic heterocycles. The van der Waals surface area contributed by atoms with Gasteiger partial charge in [0.1, 0.15) is 16.2 Å². The fourth-order valence-electron chi connectivity index (χ4n) is 2.45. The first-order valence-corrected chi connectivity index (χ1v) is 8.68. The monoisotopic (exact) mass is 372 g/mol. The summed E-state index contributed by atoms with van der Waals surface area (Å²) in [6.45, 7) is 0. The molecule has 0 radical (unpaired) electrons. The lowest BCUT2D eigenvalue weighted by atomic mass is 10.1. The molecule has 3 rings (SSSR count). The van der Waals surface area contributed by atoms with Gasteiger partial charge in [-0.15, -0.1) is 5.11 Å². The number of phenols is 1. The maximum Gasteiger partial charge on any atom is 0.339 e. The van der Waals surface area contributed by atoms with E-state index in [2.05, 4.69) is 10.2 Å². The molecule has 0 bridgehead atoms. The molecule has 8 nitrogen and oxygen atoms in total. The minimum absolute atomic E-state index is 0.197. The summed E-state index contributed by atoms with van der Waals surface area (Å²) >= 11 is 0. The van der Waals surface area contributed by atoms with Crippen molar-refractivity contribution in [2.24, 2.45) is 10.2 Å². The Morgan fingerprint density at radius 3 is 2.31 bits per heavy atom. The molecule has 9 heteroatoms. The average Bonchev–Trinajstić information content (AvgIpc) is 2.59. The first-order valence-electron chi connectivity index (χ1n) is 7.24. The molecule has 0 saturated heterocycles. The molecule has 0 aliphatic carbocycles. The smallest absolute Gasteiger partial charge is 0.339 e. The van der Waals surface area contributed by atoms with Crippen LogP contribution in [0, 0.1) is 0 Å². The normalized spacial score (nSPS) is 11.9. The van der Waals surface area contributed by atoms with Crippen molar-refractivity contribution in [3.63, 3.8) is 0 Å². The number of aromatic hydroxyl groups is 1. The first kappa shape index (κ1) is 17.5. The van der Waals surface area contributed by atoms with Gasteiger partial charge < -0.3 is 10.2 Å². The van der Waals surface area contributed by atoms with Crippen LogP contribution in [0.4, 0.5) is 11.4 Å². The number of carboxylic acids is 1. The van der Waals surface area contributed by atoms with Crippen molar-refractivity contribution in [3.8, 4) is 5.75 Å². The third-order valence-corrected chi connectivity index (χ3v) is 4.53. The van der Waals surface area contributed by atoms with Gasteiger partial charge in [0.15, 0.2) is 0 Å². The summed E-state index contributed by atoms with van der Waals surface area (Å²) in [5, 5.41) is 27.2. The topological polar surface area (TPSA) is 137 Å². The van der Waals surface area contributed by atoms with Gasteiger partial charge in [0.05, 0.1) is 11.4 Å². The number of hydrogen-bond acceptors (Lipinski definition) is 6. The standard InChI is InChI=1S/C17H12N2O6S/c20-15-8-7-10(9-13(15)17(21)22)18-19-14-5-1-4-12-11(14)3-2-6-16(12)26(23,24)25/h1-9,20H,(H,21,22)(H,23,24,25). The highest BCUT2D eigenvalue weighted by atomic mass is 32.2. The highest BCUT2D eigenvalue weighted by Crippen LogP contribution is 2.32. The zero-order valence-electron chi connectivity index (χ0n) is 13.1.